The molecule has 0 fully saturated rings. The number of aliphatic carboxylic acids is 1. The third-order valence-corrected chi connectivity index (χ3v) is 3.76. The maximum atomic E-state index is 13.4. The molecule has 0 aliphatic carbocycles. The minimum atomic E-state index is -3.68. The zero-order valence-corrected chi connectivity index (χ0v) is 10.1. The third-order valence-electron chi connectivity index (χ3n) is 2.18. The molecule has 0 spiro atoms. The Kier molecular flexibility index (Phi) is 4.39. The second kappa shape index (κ2) is 5.60. The number of hydrogen-bond acceptors (Lipinski definition) is 4. The summed E-state index contributed by atoms with van der Waals surface area (Å²) in [5.74, 6) is -3.12. The predicted octanol–water partition coefficient (Wildman–Crippen LogP) is 1.09. The lowest BCUT2D eigenvalue weighted by molar-refractivity contribution is -0.136. The molecule has 0 saturated heterocycles. The highest BCUT2D eigenvalue weighted by atomic mass is 32.2. The van der Waals surface area contributed by atoms with Crippen LogP contribution in [0.15, 0.2) is 18.2 Å². The molecule has 1 aromatic carbocycles. The highest BCUT2D eigenvalue weighted by Crippen LogP contribution is 2.14. The van der Waals surface area contributed by atoms with Crippen molar-refractivity contribution in [2.75, 3.05) is 5.75 Å². The normalized spacial score (nSPS) is 10.9. The molecule has 0 unspecified atom stereocenters. The first-order chi connectivity index (χ1) is 8.34. The number of rotatable bonds is 5. The Hall–Kier alpha value is -1.94. The van der Waals surface area contributed by atoms with Gasteiger partial charge in [0.2, 0.25) is 0 Å². The van der Waals surface area contributed by atoms with Crippen LogP contribution in [0, 0.1) is 17.1 Å². The molecule has 96 valence electrons. The molecule has 0 radical (unpaired) electrons. The van der Waals surface area contributed by atoms with Crippen LogP contribution in [0.4, 0.5) is 4.39 Å². The van der Waals surface area contributed by atoms with Crippen LogP contribution in [0.5, 0.6) is 0 Å². The molecule has 7 heteroatoms. The predicted molar refractivity (Wildman–Crippen MR) is 60.9 cm³/mol. The van der Waals surface area contributed by atoms with Crippen LogP contribution in [0.3, 0.4) is 0 Å². The number of hydrogen-bond donors (Lipinski definition) is 1. The number of nitrogens with zero attached hydrogens (tertiary/aromatic N) is 1. The molecule has 0 amide bonds. The van der Waals surface area contributed by atoms with Gasteiger partial charge in [-0.05, 0) is 12.1 Å². The van der Waals surface area contributed by atoms with Crippen LogP contribution < -0.4 is 0 Å². The van der Waals surface area contributed by atoms with Crippen LogP contribution in [0.1, 0.15) is 17.5 Å². The summed E-state index contributed by atoms with van der Waals surface area (Å²) < 4.78 is 36.5. The van der Waals surface area contributed by atoms with Crippen LogP contribution >= 0.6 is 0 Å². The minimum Gasteiger partial charge on any atom is -0.481 e. The quantitative estimate of drug-likeness (QED) is 0.864. The van der Waals surface area contributed by atoms with Crippen molar-refractivity contribution < 1.29 is 22.7 Å². The van der Waals surface area contributed by atoms with Gasteiger partial charge in [0.1, 0.15) is 5.82 Å². The highest BCUT2D eigenvalue weighted by molar-refractivity contribution is 7.90. The van der Waals surface area contributed by atoms with Gasteiger partial charge < -0.3 is 5.11 Å². The van der Waals surface area contributed by atoms with Gasteiger partial charge in [-0.25, -0.2) is 12.8 Å². The van der Waals surface area contributed by atoms with E-state index >= 15 is 0 Å². The highest BCUT2D eigenvalue weighted by Gasteiger charge is 2.16. The van der Waals surface area contributed by atoms with Crippen molar-refractivity contribution in [3.63, 3.8) is 0 Å². The third kappa shape index (κ3) is 4.14. The lowest BCUT2D eigenvalue weighted by Gasteiger charge is -2.04. The molecule has 18 heavy (non-hydrogen) atoms. The average molecular weight is 271 g/mol. The number of carboxylic acids is 1. The number of nitriles is 1. The van der Waals surface area contributed by atoms with Gasteiger partial charge >= 0.3 is 5.97 Å². The average Bonchev–Trinajstić information content (AvgIpc) is 2.29. The van der Waals surface area contributed by atoms with Crippen molar-refractivity contribution in [1.29, 1.82) is 5.26 Å². The van der Waals surface area contributed by atoms with Crippen molar-refractivity contribution >= 4 is 15.8 Å². The Morgan fingerprint density at radius 2 is 2.11 bits per heavy atom. The van der Waals surface area contributed by atoms with Gasteiger partial charge in [-0.1, -0.05) is 6.07 Å². The van der Waals surface area contributed by atoms with Crippen molar-refractivity contribution in [3.8, 4) is 6.07 Å². The second-order valence-corrected chi connectivity index (χ2v) is 5.84. The molecular formula is C11H10FNO4S. The molecule has 0 bridgehead atoms. The summed E-state index contributed by atoms with van der Waals surface area (Å²) in [6, 6.07) is 5.20. The van der Waals surface area contributed by atoms with Crippen molar-refractivity contribution in [3.05, 3.63) is 35.1 Å². The Balaban J connectivity index is 2.85. The summed E-state index contributed by atoms with van der Waals surface area (Å²) in [6.45, 7) is 0. The largest absolute Gasteiger partial charge is 0.481 e. The molecular weight excluding hydrogens is 261 g/mol. The molecule has 0 aliphatic rings. The number of benzene rings is 1. The van der Waals surface area contributed by atoms with E-state index in [1.165, 1.54) is 12.1 Å². The molecule has 1 aromatic rings. The summed E-state index contributed by atoms with van der Waals surface area (Å²) in [4.78, 5) is 10.3. The number of halogens is 1. The Morgan fingerprint density at radius 1 is 1.44 bits per heavy atom. The van der Waals surface area contributed by atoms with Gasteiger partial charge in [0, 0.05) is 5.56 Å². The summed E-state index contributed by atoms with van der Waals surface area (Å²) in [7, 11) is -3.68. The van der Waals surface area contributed by atoms with E-state index < -0.39 is 39.6 Å². The van der Waals surface area contributed by atoms with E-state index in [0.717, 1.165) is 6.07 Å². The molecule has 0 aliphatic heterocycles. The standard InChI is InChI=1S/C11H10FNO4S/c12-10-5-8(6-13)1-2-9(10)7-18(16,17)4-3-11(14)15/h1-2,5H,3-4,7H2,(H,14,15). The molecule has 1 N–H and O–H groups in total. The number of carboxylic acid groups (broad SMARTS) is 1. The Morgan fingerprint density at radius 3 is 2.61 bits per heavy atom. The summed E-state index contributed by atoms with van der Waals surface area (Å²) in [5.41, 5.74) is 0.0265. The van der Waals surface area contributed by atoms with Crippen LogP contribution in [0.2, 0.25) is 0 Å². The second-order valence-electron chi connectivity index (χ2n) is 3.65. The fourth-order valence-electron chi connectivity index (χ4n) is 1.29. The smallest absolute Gasteiger partial charge is 0.304 e. The molecule has 0 atom stereocenters. The Bertz CT molecular complexity index is 604. The SMILES string of the molecule is N#Cc1ccc(CS(=O)(=O)CCC(=O)O)c(F)c1. The van der Waals surface area contributed by atoms with Crippen LogP contribution in [0.25, 0.3) is 0 Å². The van der Waals surface area contributed by atoms with E-state index in [2.05, 4.69) is 0 Å². The maximum Gasteiger partial charge on any atom is 0.304 e. The zero-order chi connectivity index (χ0) is 13.8. The van der Waals surface area contributed by atoms with Crippen molar-refractivity contribution in [2.45, 2.75) is 12.2 Å². The zero-order valence-electron chi connectivity index (χ0n) is 9.26. The van der Waals surface area contributed by atoms with Crippen LogP contribution in [-0.4, -0.2) is 25.2 Å². The summed E-state index contributed by atoms with van der Waals surface area (Å²) in [6.07, 6.45) is -0.514. The van der Waals surface area contributed by atoms with E-state index in [1.807, 2.05) is 0 Å². The molecule has 0 heterocycles. The van der Waals surface area contributed by atoms with Gasteiger partial charge in [0.05, 0.1) is 29.6 Å². The molecule has 1 rings (SSSR count). The molecule has 0 aromatic heterocycles. The summed E-state index contributed by atoms with van der Waals surface area (Å²) in [5, 5.41) is 16.9. The first-order valence-electron chi connectivity index (χ1n) is 4.95. The Labute approximate surface area is 103 Å². The van der Waals surface area contributed by atoms with Gasteiger partial charge in [-0.3, -0.25) is 4.79 Å². The maximum absolute atomic E-state index is 13.4. The first-order valence-corrected chi connectivity index (χ1v) is 6.77. The topological polar surface area (TPSA) is 95.2 Å². The van der Waals surface area contributed by atoms with Gasteiger partial charge in [0.15, 0.2) is 9.84 Å². The number of sulfone groups is 1. The molecule has 0 saturated carbocycles. The van der Waals surface area contributed by atoms with Crippen molar-refractivity contribution in [2.24, 2.45) is 0 Å². The fraction of sp³-hybridized carbons (Fsp3) is 0.273. The first kappa shape index (κ1) is 14.1. The minimum absolute atomic E-state index is 0.0700. The van der Waals surface area contributed by atoms with E-state index in [0.29, 0.717) is 0 Å². The fourth-order valence-corrected chi connectivity index (χ4v) is 2.62. The molecule has 5 nitrogen and oxygen atoms in total. The monoisotopic (exact) mass is 271 g/mol. The van der Waals surface area contributed by atoms with Gasteiger partial charge in [0.25, 0.3) is 0 Å². The van der Waals surface area contributed by atoms with Gasteiger partial charge in [-0.2, -0.15) is 5.26 Å². The lowest BCUT2D eigenvalue weighted by Crippen LogP contribution is -2.13. The van der Waals surface area contributed by atoms with E-state index in [1.54, 1.807) is 6.07 Å². The summed E-state index contributed by atoms with van der Waals surface area (Å²) >= 11 is 0. The number of carbonyl (C=O) groups is 1. The van der Waals surface area contributed by atoms with E-state index in [-0.39, 0.29) is 11.1 Å². The lowest BCUT2D eigenvalue weighted by atomic mass is 10.1. The van der Waals surface area contributed by atoms with Crippen molar-refractivity contribution in [1.82, 2.24) is 0 Å². The van der Waals surface area contributed by atoms with E-state index in [4.69, 9.17) is 10.4 Å². The van der Waals surface area contributed by atoms with Crippen LogP contribution in [-0.2, 0) is 20.4 Å². The van der Waals surface area contributed by atoms with Gasteiger partial charge in [-0.15, -0.1) is 0 Å². The van der Waals surface area contributed by atoms with E-state index in [9.17, 15) is 17.6 Å².